The van der Waals surface area contributed by atoms with Crippen LogP contribution in [0, 0.1) is 0 Å². The maximum atomic E-state index is 2.33. The quantitative estimate of drug-likeness (QED) is 0.704. The van der Waals surface area contributed by atoms with Crippen molar-refractivity contribution in [1.82, 2.24) is 0 Å². The van der Waals surface area contributed by atoms with Crippen LogP contribution in [0.2, 0.25) is 0 Å². The van der Waals surface area contributed by atoms with Gasteiger partial charge in [-0.25, -0.2) is 0 Å². The highest BCUT2D eigenvalue weighted by Gasteiger charge is 2.17. The molecule has 1 fully saturated rings. The first kappa shape index (κ1) is 10.1. The van der Waals surface area contributed by atoms with E-state index in [1.165, 1.54) is 23.5 Å². The Bertz CT molecular complexity index is 281. The first-order chi connectivity index (χ1) is 6.77. The number of hydrogen-bond acceptors (Lipinski definition) is 1. The summed E-state index contributed by atoms with van der Waals surface area (Å²) in [5.41, 5.74) is 3.00. The summed E-state index contributed by atoms with van der Waals surface area (Å²) >= 11 is 2.09. The Labute approximate surface area is 91.1 Å². The van der Waals surface area contributed by atoms with Crippen LogP contribution in [0.5, 0.6) is 0 Å². The number of hydrogen-bond donors (Lipinski definition) is 0. The van der Waals surface area contributed by atoms with E-state index in [2.05, 4.69) is 49.9 Å². The Morgan fingerprint density at radius 3 is 2.43 bits per heavy atom. The zero-order valence-electron chi connectivity index (χ0n) is 8.99. The molecular weight excluding hydrogens is 188 g/mol. The van der Waals surface area contributed by atoms with E-state index < -0.39 is 0 Å². The third-order valence-electron chi connectivity index (χ3n) is 3.00. The van der Waals surface area contributed by atoms with Gasteiger partial charge in [-0.15, -0.1) is 0 Å². The van der Waals surface area contributed by atoms with Gasteiger partial charge in [0.2, 0.25) is 0 Å². The highest BCUT2D eigenvalue weighted by Crippen LogP contribution is 2.32. The molecule has 1 atom stereocenters. The third-order valence-corrected chi connectivity index (χ3v) is 4.17. The summed E-state index contributed by atoms with van der Waals surface area (Å²) in [6.45, 7) is 4.50. The van der Waals surface area contributed by atoms with E-state index in [0.29, 0.717) is 5.92 Å². The van der Waals surface area contributed by atoms with Gasteiger partial charge in [-0.3, -0.25) is 0 Å². The molecule has 0 aromatic heterocycles. The third kappa shape index (κ3) is 2.14. The van der Waals surface area contributed by atoms with Crippen LogP contribution in [-0.4, -0.2) is 11.5 Å². The van der Waals surface area contributed by atoms with Gasteiger partial charge in [-0.05, 0) is 35.1 Å². The van der Waals surface area contributed by atoms with Gasteiger partial charge in [0, 0.05) is 5.75 Å². The van der Waals surface area contributed by atoms with E-state index in [-0.39, 0.29) is 0 Å². The van der Waals surface area contributed by atoms with Gasteiger partial charge in [0.15, 0.2) is 0 Å². The maximum absolute atomic E-state index is 2.33. The SMILES string of the molecule is CC(C)c1ccc(C2CCSC2)cc1. The summed E-state index contributed by atoms with van der Waals surface area (Å²) in [5, 5.41) is 0. The summed E-state index contributed by atoms with van der Waals surface area (Å²) in [5.74, 6) is 4.14. The van der Waals surface area contributed by atoms with Gasteiger partial charge >= 0.3 is 0 Å². The standard InChI is InChI=1S/C13H18S/c1-10(2)11-3-5-12(6-4-11)13-7-8-14-9-13/h3-6,10,13H,7-9H2,1-2H3. The molecule has 1 heterocycles. The molecule has 0 spiro atoms. The lowest BCUT2D eigenvalue weighted by atomic mass is 9.95. The van der Waals surface area contributed by atoms with Crippen molar-refractivity contribution in [1.29, 1.82) is 0 Å². The van der Waals surface area contributed by atoms with Gasteiger partial charge < -0.3 is 0 Å². The summed E-state index contributed by atoms with van der Waals surface area (Å²) in [4.78, 5) is 0. The molecule has 76 valence electrons. The van der Waals surface area contributed by atoms with Crippen molar-refractivity contribution in [3.05, 3.63) is 35.4 Å². The molecule has 1 aliphatic heterocycles. The topological polar surface area (TPSA) is 0 Å². The Hall–Kier alpha value is -0.430. The van der Waals surface area contributed by atoms with Crippen LogP contribution >= 0.6 is 11.8 Å². The van der Waals surface area contributed by atoms with E-state index in [1.807, 2.05) is 0 Å². The van der Waals surface area contributed by atoms with Gasteiger partial charge in [0.1, 0.15) is 0 Å². The molecule has 2 rings (SSSR count). The fraction of sp³-hybridized carbons (Fsp3) is 0.538. The summed E-state index contributed by atoms with van der Waals surface area (Å²) in [6.07, 6.45) is 1.37. The van der Waals surface area contributed by atoms with Crippen LogP contribution in [0.25, 0.3) is 0 Å². The summed E-state index contributed by atoms with van der Waals surface area (Å²) < 4.78 is 0. The fourth-order valence-electron chi connectivity index (χ4n) is 1.95. The van der Waals surface area contributed by atoms with Crippen molar-refractivity contribution >= 4 is 11.8 Å². The molecule has 0 saturated carbocycles. The van der Waals surface area contributed by atoms with E-state index in [4.69, 9.17) is 0 Å². The number of rotatable bonds is 2. The van der Waals surface area contributed by atoms with E-state index >= 15 is 0 Å². The molecule has 1 aromatic rings. The van der Waals surface area contributed by atoms with Crippen molar-refractivity contribution in [3.8, 4) is 0 Å². The molecule has 1 unspecified atom stereocenters. The maximum Gasteiger partial charge on any atom is 0.000177 e. The lowest BCUT2D eigenvalue weighted by Crippen LogP contribution is -1.96. The average molecular weight is 206 g/mol. The van der Waals surface area contributed by atoms with E-state index in [9.17, 15) is 0 Å². The second kappa shape index (κ2) is 4.39. The lowest BCUT2D eigenvalue weighted by Gasteiger charge is -2.11. The zero-order valence-corrected chi connectivity index (χ0v) is 9.81. The fourth-order valence-corrected chi connectivity index (χ4v) is 3.21. The molecule has 0 amide bonds. The van der Waals surface area contributed by atoms with Gasteiger partial charge in [0.05, 0.1) is 0 Å². The lowest BCUT2D eigenvalue weighted by molar-refractivity contribution is 0.779. The molecule has 0 aliphatic carbocycles. The monoisotopic (exact) mass is 206 g/mol. The van der Waals surface area contributed by atoms with Gasteiger partial charge in [0.25, 0.3) is 0 Å². The van der Waals surface area contributed by atoms with Gasteiger partial charge in [-0.2, -0.15) is 11.8 Å². The second-order valence-electron chi connectivity index (χ2n) is 4.38. The Balaban J connectivity index is 2.12. The Morgan fingerprint density at radius 2 is 1.93 bits per heavy atom. The van der Waals surface area contributed by atoms with Crippen molar-refractivity contribution in [3.63, 3.8) is 0 Å². The minimum atomic E-state index is 0.655. The van der Waals surface area contributed by atoms with Crippen LogP contribution in [0.3, 0.4) is 0 Å². The second-order valence-corrected chi connectivity index (χ2v) is 5.53. The molecule has 1 heteroatoms. The first-order valence-electron chi connectivity index (χ1n) is 5.45. The molecule has 0 N–H and O–H groups in total. The molecule has 0 nitrogen and oxygen atoms in total. The molecule has 0 bridgehead atoms. The highest BCUT2D eigenvalue weighted by molar-refractivity contribution is 7.99. The van der Waals surface area contributed by atoms with Crippen molar-refractivity contribution in [2.24, 2.45) is 0 Å². The molecule has 1 aromatic carbocycles. The molecular formula is C13H18S. The largest absolute Gasteiger partial charge is 0.161 e. The molecule has 1 saturated heterocycles. The normalized spacial score (nSPS) is 21.8. The van der Waals surface area contributed by atoms with Crippen molar-refractivity contribution in [2.45, 2.75) is 32.1 Å². The van der Waals surface area contributed by atoms with Crippen LogP contribution in [0.4, 0.5) is 0 Å². The molecule has 1 aliphatic rings. The van der Waals surface area contributed by atoms with Gasteiger partial charge in [-0.1, -0.05) is 38.1 Å². The smallest absolute Gasteiger partial charge is 0.000177 e. The van der Waals surface area contributed by atoms with Crippen LogP contribution < -0.4 is 0 Å². The van der Waals surface area contributed by atoms with E-state index in [1.54, 1.807) is 5.56 Å². The first-order valence-corrected chi connectivity index (χ1v) is 6.60. The average Bonchev–Trinajstić information content (AvgIpc) is 2.71. The van der Waals surface area contributed by atoms with Crippen LogP contribution in [-0.2, 0) is 0 Å². The van der Waals surface area contributed by atoms with E-state index in [0.717, 1.165) is 5.92 Å². The summed E-state index contributed by atoms with van der Waals surface area (Å²) in [7, 11) is 0. The minimum Gasteiger partial charge on any atom is -0.161 e. The Morgan fingerprint density at radius 1 is 1.21 bits per heavy atom. The predicted octanol–water partition coefficient (Wildman–Crippen LogP) is 4.03. The zero-order chi connectivity index (χ0) is 9.97. The molecule has 14 heavy (non-hydrogen) atoms. The Kier molecular flexibility index (Phi) is 3.17. The molecule has 0 radical (unpaired) electrons. The van der Waals surface area contributed by atoms with Crippen LogP contribution in [0.1, 0.15) is 43.2 Å². The number of thioether (sulfide) groups is 1. The van der Waals surface area contributed by atoms with Crippen LogP contribution in [0.15, 0.2) is 24.3 Å². The predicted molar refractivity (Wildman–Crippen MR) is 65.2 cm³/mol. The number of benzene rings is 1. The minimum absolute atomic E-state index is 0.655. The highest BCUT2D eigenvalue weighted by atomic mass is 32.2. The van der Waals surface area contributed by atoms with Crippen molar-refractivity contribution in [2.75, 3.05) is 11.5 Å². The summed E-state index contributed by atoms with van der Waals surface area (Å²) in [6, 6.07) is 9.24. The van der Waals surface area contributed by atoms with Crippen molar-refractivity contribution < 1.29 is 0 Å².